The molecule has 36 heavy (non-hydrogen) atoms. The van der Waals surface area contributed by atoms with Gasteiger partial charge in [-0.3, -0.25) is 14.7 Å². The number of carbonyl (C=O) groups is 2. The third-order valence-electron chi connectivity index (χ3n) is 6.36. The summed E-state index contributed by atoms with van der Waals surface area (Å²) in [5.74, 6) is -0.352. The molecular weight excluding hydrogens is 457 g/mol. The molecule has 0 spiro atoms. The Kier molecular flexibility index (Phi) is 8.99. The van der Waals surface area contributed by atoms with Crippen LogP contribution in [0, 0.1) is 5.82 Å². The number of aromatic nitrogens is 1. The fourth-order valence-corrected chi connectivity index (χ4v) is 4.45. The van der Waals surface area contributed by atoms with Crippen molar-refractivity contribution >= 4 is 11.9 Å². The van der Waals surface area contributed by atoms with Crippen molar-refractivity contribution in [3.63, 3.8) is 0 Å². The molecule has 0 aliphatic carbocycles. The van der Waals surface area contributed by atoms with Gasteiger partial charge in [-0.05, 0) is 47.4 Å². The number of amides is 3. The second kappa shape index (κ2) is 12.8. The summed E-state index contributed by atoms with van der Waals surface area (Å²) in [5, 5.41) is 5.91. The quantitative estimate of drug-likeness (QED) is 0.570. The number of urea groups is 1. The van der Waals surface area contributed by atoms with Crippen LogP contribution in [-0.2, 0) is 17.9 Å². The summed E-state index contributed by atoms with van der Waals surface area (Å²) in [6.07, 6.45) is 4.65. The van der Waals surface area contributed by atoms with Gasteiger partial charge in [0.25, 0.3) is 0 Å². The molecular formula is C28H32FN5O2. The van der Waals surface area contributed by atoms with Gasteiger partial charge in [-0.15, -0.1) is 0 Å². The molecule has 188 valence electrons. The van der Waals surface area contributed by atoms with E-state index >= 15 is 0 Å². The van der Waals surface area contributed by atoms with Crippen LogP contribution in [0.3, 0.4) is 0 Å². The van der Waals surface area contributed by atoms with Crippen LogP contribution in [0.2, 0.25) is 0 Å². The number of pyridine rings is 1. The van der Waals surface area contributed by atoms with E-state index in [1.54, 1.807) is 29.4 Å². The maximum atomic E-state index is 13.2. The van der Waals surface area contributed by atoms with E-state index in [2.05, 4.69) is 32.7 Å². The predicted octanol–water partition coefficient (Wildman–Crippen LogP) is 3.89. The van der Waals surface area contributed by atoms with Crippen LogP contribution in [0.4, 0.5) is 9.18 Å². The van der Waals surface area contributed by atoms with Gasteiger partial charge in [0.2, 0.25) is 5.91 Å². The minimum atomic E-state index is -0.307. The Bertz CT molecular complexity index is 1110. The second-order valence-electron chi connectivity index (χ2n) is 8.93. The highest BCUT2D eigenvalue weighted by molar-refractivity contribution is 5.77. The highest BCUT2D eigenvalue weighted by Gasteiger charge is 2.25. The minimum absolute atomic E-state index is 0.0443. The summed E-state index contributed by atoms with van der Waals surface area (Å²) >= 11 is 0. The zero-order chi connectivity index (χ0) is 25.2. The molecule has 1 fully saturated rings. The van der Waals surface area contributed by atoms with E-state index in [9.17, 15) is 14.0 Å². The smallest absolute Gasteiger partial charge is 0.317 e. The third kappa shape index (κ3) is 7.36. The molecule has 1 aliphatic rings. The Morgan fingerprint density at radius 2 is 1.72 bits per heavy atom. The summed E-state index contributed by atoms with van der Waals surface area (Å²) in [6.45, 7) is 3.06. The average molecular weight is 490 g/mol. The summed E-state index contributed by atoms with van der Waals surface area (Å²) in [4.78, 5) is 34.0. The van der Waals surface area contributed by atoms with Gasteiger partial charge in [-0.1, -0.05) is 42.5 Å². The van der Waals surface area contributed by atoms with Crippen molar-refractivity contribution in [2.45, 2.75) is 32.0 Å². The van der Waals surface area contributed by atoms with E-state index in [0.717, 1.165) is 29.7 Å². The molecule has 2 N–H and O–H groups in total. The molecule has 1 aromatic heterocycles. The van der Waals surface area contributed by atoms with Crippen LogP contribution in [0.1, 0.15) is 35.6 Å². The zero-order valence-corrected chi connectivity index (χ0v) is 20.3. The van der Waals surface area contributed by atoms with Crippen LogP contribution in [0.15, 0.2) is 79.1 Å². The largest absolute Gasteiger partial charge is 0.354 e. The van der Waals surface area contributed by atoms with Gasteiger partial charge in [0, 0.05) is 64.1 Å². The fourth-order valence-electron chi connectivity index (χ4n) is 4.45. The summed E-state index contributed by atoms with van der Waals surface area (Å²) in [6, 6.07) is 19.9. The first kappa shape index (κ1) is 25.3. The normalized spacial score (nSPS) is 17.6. The molecule has 2 aromatic carbocycles. The topological polar surface area (TPSA) is 77.6 Å². The molecule has 4 rings (SSSR count). The van der Waals surface area contributed by atoms with E-state index in [1.165, 1.54) is 12.1 Å². The Labute approximate surface area is 211 Å². The van der Waals surface area contributed by atoms with Crippen molar-refractivity contribution in [1.29, 1.82) is 0 Å². The molecule has 1 saturated heterocycles. The van der Waals surface area contributed by atoms with Gasteiger partial charge in [0.05, 0.1) is 0 Å². The van der Waals surface area contributed by atoms with Gasteiger partial charge < -0.3 is 15.5 Å². The van der Waals surface area contributed by atoms with Crippen molar-refractivity contribution in [2.24, 2.45) is 0 Å². The number of benzene rings is 2. The Balaban J connectivity index is 1.47. The first-order valence-electron chi connectivity index (χ1n) is 12.3. The second-order valence-corrected chi connectivity index (χ2v) is 8.93. The zero-order valence-electron chi connectivity index (χ0n) is 20.3. The Morgan fingerprint density at radius 3 is 2.47 bits per heavy atom. The van der Waals surface area contributed by atoms with Crippen molar-refractivity contribution < 1.29 is 14.0 Å². The first-order chi connectivity index (χ1) is 17.6. The van der Waals surface area contributed by atoms with Crippen LogP contribution in [-0.4, -0.2) is 52.9 Å². The molecule has 7 nitrogen and oxygen atoms in total. The summed E-state index contributed by atoms with van der Waals surface area (Å²) in [5.41, 5.74) is 3.04. The van der Waals surface area contributed by atoms with E-state index in [0.29, 0.717) is 39.1 Å². The van der Waals surface area contributed by atoms with Crippen LogP contribution >= 0.6 is 0 Å². The molecule has 3 aromatic rings. The van der Waals surface area contributed by atoms with E-state index in [-0.39, 0.29) is 23.8 Å². The van der Waals surface area contributed by atoms with Crippen LogP contribution < -0.4 is 10.6 Å². The van der Waals surface area contributed by atoms with Gasteiger partial charge in [0.1, 0.15) is 5.82 Å². The first-order valence-corrected chi connectivity index (χ1v) is 12.3. The maximum absolute atomic E-state index is 13.2. The molecule has 1 aliphatic heterocycles. The molecule has 1 atom stereocenters. The van der Waals surface area contributed by atoms with E-state index < -0.39 is 0 Å². The molecule has 3 amide bonds. The van der Waals surface area contributed by atoms with Crippen molar-refractivity contribution in [1.82, 2.24) is 25.4 Å². The van der Waals surface area contributed by atoms with Crippen molar-refractivity contribution in [3.8, 4) is 0 Å². The molecule has 0 bridgehead atoms. The van der Waals surface area contributed by atoms with Gasteiger partial charge >= 0.3 is 6.03 Å². The van der Waals surface area contributed by atoms with Crippen LogP contribution in [0.5, 0.6) is 0 Å². The standard InChI is InChI=1S/C28H32FN5O2/c29-25-9-7-22(8-10-25)20-32-28(36)33-16-4-17-34(21-23-11-13-30-14-12-23)26(19-27(35)31-15-18-33)24-5-2-1-3-6-24/h1-3,5-14,26H,4,15-21H2,(H,31,35)(H,32,36). The summed E-state index contributed by atoms with van der Waals surface area (Å²) < 4.78 is 13.2. The molecule has 8 heteroatoms. The number of carbonyl (C=O) groups excluding carboxylic acids is 2. The molecule has 0 radical (unpaired) electrons. The maximum Gasteiger partial charge on any atom is 0.317 e. The van der Waals surface area contributed by atoms with Gasteiger partial charge in [-0.2, -0.15) is 0 Å². The lowest BCUT2D eigenvalue weighted by Gasteiger charge is -2.32. The fraction of sp³-hybridized carbons (Fsp3) is 0.321. The molecule has 0 saturated carbocycles. The minimum Gasteiger partial charge on any atom is -0.354 e. The lowest BCUT2D eigenvalue weighted by molar-refractivity contribution is -0.122. The third-order valence-corrected chi connectivity index (χ3v) is 6.36. The average Bonchev–Trinajstić information content (AvgIpc) is 2.94. The number of hydrogen-bond acceptors (Lipinski definition) is 4. The molecule has 1 unspecified atom stereocenters. The number of rotatable bonds is 5. The monoisotopic (exact) mass is 489 g/mol. The van der Waals surface area contributed by atoms with Crippen molar-refractivity contribution in [3.05, 3.63) is 102 Å². The number of nitrogens with zero attached hydrogens (tertiary/aromatic N) is 3. The Hall–Kier alpha value is -3.78. The summed E-state index contributed by atoms with van der Waals surface area (Å²) in [7, 11) is 0. The van der Waals surface area contributed by atoms with Gasteiger partial charge in [0.15, 0.2) is 0 Å². The number of nitrogens with one attached hydrogen (secondary N) is 2. The lowest BCUT2D eigenvalue weighted by atomic mass is 10.00. The number of hydrogen-bond donors (Lipinski definition) is 2. The Morgan fingerprint density at radius 1 is 0.972 bits per heavy atom. The van der Waals surface area contributed by atoms with Gasteiger partial charge in [-0.25, -0.2) is 9.18 Å². The number of halogens is 1. The predicted molar refractivity (Wildman–Crippen MR) is 136 cm³/mol. The van der Waals surface area contributed by atoms with E-state index in [1.807, 2.05) is 30.3 Å². The molecule has 2 heterocycles. The SMILES string of the molecule is O=C1CC(c2ccccc2)N(Cc2ccncc2)CCCN(C(=O)NCc2ccc(F)cc2)CCN1. The van der Waals surface area contributed by atoms with E-state index in [4.69, 9.17) is 0 Å². The van der Waals surface area contributed by atoms with Crippen LogP contribution in [0.25, 0.3) is 0 Å². The lowest BCUT2D eigenvalue weighted by Crippen LogP contribution is -2.44. The van der Waals surface area contributed by atoms with Crippen molar-refractivity contribution in [2.75, 3.05) is 26.2 Å². The highest BCUT2D eigenvalue weighted by Crippen LogP contribution is 2.27. The highest BCUT2D eigenvalue weighted by atomic mass is 19.1.